The van der Waals surface area contributed by atoms with Crippen molar-refractivity contribution in [3.63, 3.8) is 0 Å². The maximum absolute atomic E-state index is 12.6. The van der Waals surface area contributed by atoms with Crippen molar-refractivity contribution in [3.8, 4) is 0 Å². The molecule has 3 N–H and O–H groups in total. The van der Waals surface area contributed by atoms with Crippen molar-refractivity contribution < 1.29 is 31.6 Å². The molecule has 1 aromatic carbocycles. The topological polar surface area (TPSA) is 86.6 Å². The highest BCUT2D eigenvalue weighted by molar-refractivity contribution is 7.89. The predicted molar refractivity (Wildman–Crippen MR) is 57.5 cm³/mol. The maximum atomic E-state index is 12.6. The maximum Gasteiger partial charge on any atom is 0.489 e. The zero-order valence-electron chi connectivity index (χ0n) is 9.06. The summed E-state index contributed by atoms with van der Waals surface area (Å²) in [5.41, 5.74) is -2.22. The van der Waals surface area contributed by atoms with Crippen LogP contribution in [0.3, 0.4) is 0 Å². The molecule has 0 unspecified atom stereocenters. The molecule has 0 radical (unpaired) electrons. The number of hydrogen-bond acceptors (Lipinski definition) is 4. The highest BCUT2D eigenvalue weighted by atomic mass is 32.2. The van der Waals surface area contributed by atoms with Crippen LogP contribution in [0.4, 0.5) is 13.2 Å². The van der Waals surface area contributed by atoms with Gasteiger partial charge in [-0.3, -0.25) is 0 Å². The minimum absolute atomic E-state index is 0.348. The average Bonchev–Trinajstić information content (AvgIpc) is 2.27. The van der Waals surface area contributed by atoms with Gasteiger partial charge in [0.05, 0.1) is 10.5 Å². The van der Waals surface area contributed by atoms with E-state index in [4.69, 9.17) is 10.0 Å². The van der Waals surface area contributed by atoms with E-state index in [1.165, 1.54) is 0 Å². The Labute approximate surface area is 101 Å². The Morgan fingerprint density at radius 2 is 1.83 bits per heavy atom. The first-order valence-electron chi connectivity index (χ1n) is 4.60. The molecule has 0 bridgehead atoms. The fourth-order valence-electron chi connectivity index (χ4n) is 1.29. The minimum atomic E-state index is -4.89. The number of nitrogens with one attached hydrogen (secondary N) is 1. The van der Waals surface area contributed by atoms with Crippen molar-refractivity contribution in [2.24, 2.45) is 0 Å². The van der Waals surface area contributed by atoms with Gasteiger partial charge in [-0.05, 0) is 24.6 Å². The zero-order chi connectivity index (χ0) is 14.1. The smallest absolute Gasteiger partial charge is 0.423 e. The van der Waals surface area contributed by atoms with Gasteiger partial charge in [-0.15, -0.1) is 0 Å². The number of hydrogen-bond donors (Lipinski definition) is 3. The van der Waals surface area contributed by atoms with Gasteiger partial charge in [0.1, 0.15) is 0 Å². The molecule has 0 amide bonds. The summed E-state index contributed by atoms with van der Waals surface area (Å²) in [7, 11) is -5.32. The lowest BCUT2D eigenvalue weighted by Crippen LogP contribution is -2.36. The molecule has 0 aliphatic carbocycles. The van der Waals surface area contributed by atoms with E-state index >= 15 is 0 Å². The van der Waals surface area contributed by atoms with Gasteiger partial charge in [-0.2, -0.15) is 13.2 Å². The molecule has 0 aliphatic heterocycles. The number of rotatable bonds is 3. The Kier molecular flexibility index (Phi) is 4.06. The summed E-state index contributed by atoms with van der Waals surface area (Å²) in [6.07, 6.45) is -4.89. The Hall–Kier alpha value is -1.10. The van der Waals surface area contributed by atoms with Crippen molar-refractivity contribution in [2.45, 2.75) is 11.1 Å². The molecule has 0 aliphatic rings. The summed E-state index contributed by atoms with van der Waals surface area (Å²) in [6, 6.07) is 1.91. The van der Waals surface area contributed by atoms with Gasteiger partial charge in [0.15, 0.2) is 0 Å². The highest BCUT2D eigenvalue weighted by Crippen LogP contribution is 2.29. The molecule has 0 atom stereocenters. The van der Waals surface area contributed by atoms with Crippen LogP contribution in [0.15, 0.2) is 23.1 Å². The van der Waals surface area contributed by atoms with E-state index in [9.17, 15) is 21.6 Å². The normalized spacial score (nSPS) is 12.6. The van der Waals surface area contributed by atoms with E-state index in [2.05, 4.69) is 0 Å². The molecule has 1 aromatic rings. The van der Waals surface area contributed by atoms with Gasteiger partial charge in [-0.25, -0.2) is 13.1 Å². The third-order valence-corrected chi connectivity index (χ3v) is 3.60. The third-order valence-electron chi connectivity index (χ3n) is 2.19. The van der Waals surface area contributed by atoms with Gasteiger partial charge in [0.2, 0.25) is 10.0 Å². The highest BCUT2D eigenvalue weighted by Gasteiger charge is 2.37. The lowest BCUT2D eigenvalue weighted by atomic mass is 9.77. The molecule has 18 heavy (non-hydrogen) atoms. The number of benzene rings is 1. The molecule has 100 valence electrons. The first-order chi connectivity index (χ1) is 8.09. The Morgan fingerprint density at radius 3 is 2.22 bits per heavy atom. The molecule has 10 heteroatoms. The van der Waals surface area contributed by atoms with Crippen LogP contribution in [0.1, 0.15) is 5.56 Å². The predicted octanol–water partition coefficient (Wildman–Crippen LogP) is -0.707. The first kappa shape index (κ1) is 15.0. The average molecular weight is 283 g/mol. The zero-order valence-corrected chi connectivity index (χ0v) is 9.88. The SMILES string of the molecule is CNS(=O)(=O)c1ccc(B(O)O)c(C(F)(F)F)c1. The molecule has 0 fully saturated rings. The van der Waals surface area contributed by atoms with Gasteiger partial charge < -0.3 is 10.0 Å². The summed E-state index contributed by atoms with van der Waals surface area (Å²) in [5, 5.41) is 17.6. The lowest BCUT2D eigenvalue weighted by molar-refractivity contribution is -0.137. The largest absolute Gasteiger partial charge is 0.489 e. The quantitative estimate of drug-likeness (QED) is 0.640. The van der Waals surface area contributed by atoms with Gasteiger partial charge in [-0.1, -0.05) is 6.07 Å². The molecule has 0 saturated heterocycles. The van der Waals surface area contributed by atoms with E-state index in [-0.39, 0.29) is 0 Å². The first-order valence-corrected chi connectivity index (χ1v) is 6.08. The van der Waals surface area contributed by atoms with Crippen molar-refractivity contribution >= 4 is 22.6 Å². The number of halogens is 3. The summed E-state index contributed by atoms with van der Waals surface area (Å²) in [4.78, 5) is -0.610. The van der Waals surface area contributed by atoms with Gasteiger partial charge >= 0.3 is 13.3 Å². The van der Waals surface area contributed by atoms with E-state index in [1.54, 1.807) is 0 Å². The van der Waals surface area contributed by atoms with Crippen LogP contribution in [0, 0.1) is 0 Å². The van der Waals surface area contributed by atoms with Crippen LogP contribution in [0.2, 0.25) is 0 Å². The minimum Gasteiger partial charge on any atom is -0.423 e. The van der Waals surface area contributed by atoms with E-state index in [0.717, 1.165) is 13.1 Å². The monoisotopic (exact) mass is 283 g/mol. The van der Waals surface area contributed by atoms with E-state index in [0.29, 0.717) is 12.1 Å². The van der Waals surface area contributed by atoms with Crippen molar-refractivity contribution in [1.82, 2.24) is 4.72 Å². The van der Waals surface area contributed by atoms with Gasteiger partial charge in [0.25, 0.3) is 0 Å². The lowest BCUT2D eigenvalue weighted by Gasteiger charge is -2.14. The summed E-state index contributed by atoms with van der Waals surface area (Å²) in [5.74, 6) is 0. The Morgan fingerprint density at radius 1 is 1.28 bits per heavy atom. The number of alkyl halides is 3. The van der Waals surface area contributed by atoms with Gasteiger partial charge in [0, 0.05) is 0 Å². The van der Waals surface area contributed by atoms with Crippen LogP contribution in [0.25, 0.3) is 0 Å². The van der Waals surface area contributed by atoms with Crippen LogP contribution < -0.4 is 10.2 Å². The Bertz CT molecular complexity index is 544. The van der Waals surface area contributed by atoms with Crippen LogP contribution in [-0.4, -0.2) is 32.6 Å². The molecule has 0 heterocycles. The van der Waals surface area contributed by atoms with E-state index in [1.807, 2.05) is 4.72 Å². The molecule has 0 saturated carbocycles. The second-order valence-electron chi connectivity index (χ2n) is 3.33. The molecule has 0 aromatic heterocycles. The second kappa shape index (κ2) is 4.88. The second-order valence-corrected chi connectivity index (χ2v) is 5.21. The summed E-state index contributed by atoms with van der Waals surface area (Å²) in [6.45, 7) is 0. The fraction of sp³-hybridized carbons (Fsp3) is 0.250. The van der Waals surface area contributed by atoms with Crippen LogP contribution in [-0.2, 0) is 16.2 Å². The fourth-order valence-corrected chi connectivity index (χ4v) is 2.05. The van der Waals surface area contributed by atoms with E-state index < -0.39 is 39.2 Å². The molecule has 1 rings (SSSR count). The summed E-state index contributed by atoms with van der Waals surface area (Å²) >= 11 is 0. The standard InChI is InChI=1S/C8H9BF3NO4S/c1-13-18(16,17)5-2-3-7(9(14)15)6(4-5)8(10,11)12/h2-4,13-15H,1H3. The van der Waals surface area contributed by atoms with Crippen molar-refractivity contribution in [3.05, 3.63) is 23.8 Å². The number of sulfonamides is 1. The molecule has 0 spiro atoms. The molecular weight excluding hydrogens is 274 g/mol. The summed E-state index contributed by atoms with van der Waals surface area (Å²) < 4.78 is 62.5. The van der Waals surface area contributed by atoms with Crippen LogP contribution in [0.5, 0.6) is 0 Å². The van der Waals surface area contributed by atoms with Crippen molar-refractivity contribution in [2.75, 3.05) is 7.05 Å². The van der Waals surface area contributed by atoms with Crippen molar-refractivity contribution in [1.29, 1.82) is 0 Å². The molecular formula is C8H9BF3NO4S. The molecule has 5 nitrogen and oxygen atoms in total. The van der Waals surface area contributed by atoms with Crippen LogP contribution >= 0.6 is 0 Å². The third kappa shape index (κ3) is 3.02. The Balaban J connectivity index is 3.50.